The van der Waals surface area contributed by atoms with Gasteiger partial charge in [-0.15, -0.1) is 0 Å². The topological polar surface area (TPSA) is 14.2 Å². The molecule has 1 unspecified atom stereocenters. The van der Waals surface area contributed by atoms with E-state index in [4.69, 9.17) is 4.74 Å². The van der Waals surface area contributed by atoms with E-state index in [1.807, 2.05) is 0 Å². The molecule has 1 aromatic carbocycles. The van der Waals surface area contributed by atoms with Gasteiger partial charge in [0.2, 0.25) is 0 Å². The first kappa shape index (κ1) is 10.8. The van der Waals surface area contributed by atoms with Crippen LogP contribution in [0.2, 0.25) is 0 Å². The molecule has 2 heterocycles. The van der Waals surface area contributed by atoms with Crippen molar-refractivity contribution in [2.24, 2.45) is 0 Å². The highest BCUT2D eigenvalue weighted by molar-refractivity contribution is 5.83. The predicted octanol–water partition coefficient (Wildman–Crippen LogP) is 3.38. The van der Waals surface area contributed by atoms with Crippen LogP contribution in [0.3, 0.4) is 0 Å². The smallest absolute Gasteiger partial charge is 0.0754 e. The quantitative estimate of drug-likeness (QED) is 0.787. The SMILES string of the molecule is CCc1cccc2ccn(CC3CCCO3)c12. The molecule has 2 heteroatoms. The predicted molar refractivity (Wildman–Crippen MR) is 70.3 cm³/mol. The number of benzene rings is 1. The van der Waals surface area contributed by atoms with Crippen molar-refractivity contribution in [3.63, 3.8) is 0 Å². The average molecular weight is 229 g/mol. The first-order valence-corrected chi connectivity index (χ1v) is 6.57. The summed E-state index contributed by atoms with van der Waals surface area (Å²) in [5, 5.41) is 1.35. The Labute approximate surface area is 102 Å². The van der Waals surface area contributed by atoms with Gasteiger partial charge in [-0.1, -0.05) is 25.1 Å². The highest BCUT2D eigenvalue weighted by atomic mass is 16.5. The maximum atomic E-state index is 5.73. The van der Waals surface area contributed by atoms with E-state index in [1.165, 1.54) is 29.3 Å². The molecule has 17 heavy (non-hydrogen) atoms. The highest BCUT2D eigenvalue weighted by Gasteiger charge is 2.17. The fraction of sp³-hybridized carbons (Fsp3) is 0.467. The normalized spacial score (nSPS) is 20.2. The summed E-state index contributed by atoms with van der Waals surface area (Å²) in [6.07, 6.45) is 6.12. The molecule has 90 valence electrons. The van der Waals surface area contributed by atoms with Gasteiger partial charge in [0, 0.05) is 19.3 Å². The van der Waals surface area contributed by atoms with Crippen molar-refractivity contribution in [2.45, 2.75) is 38.8 Å². The van der Waals surface area contributed by atoms with Gasteiger partial charge < -0.3 is 9.30 Å². The second-order valence-corrected chi connectivity index (χ2v) is 4.81. The van der Waals surface area contributed by atoms with Gasteiger partial charge in [0.15, 0.2) is 0 Å². The number of para-hydroxylation sites is 1. The van der Waals surface area contributed by atoms with Crippen LogP contribution in [0.5, 0.6) is 0 Å². The number of hydrogen-bond acceptors (Lipinski definition) is 1. The van der Waals surface area contributed by atoms with Crippen LogP contribution in [0.1, 0.15) is 25.3 Å². The number of aryl methyl sites for hydroxylation is 1. The summed E-state index contributed by atoms with van der Waals surface area (Å²) in [4.78, 5) is 0. The van der Waals surface area contributed by atoms with Crippen LogP contribution in [-0.4, -0.2) is 17.3 Å². The summed E-state index contributed by atoms with van der Waals surface area (Å²) in [6.45, 7) is 4.16. The molecule has 0 saturated carbocycles. The zero-order valence-corrected chi connectivity index (χ0v) is 10.4. The summed E-state index contributed by atoms with van der Waals surface area (Å²) in [7, 11) is 0. The van der Waals surface area contributed by atoms with E-state index in [0.717, 1.165) is 19.6 Å². The lowest BCUT2D eigenvalue weighted by atomic mass is 10.1. The van der Waals surface area contributed by atoms with Crippen molar-refractivity contribution in [1.29, 1.82) is 0 Å². The largest absolute Gasteiger partial charge is 0.376 e. The van der Waals surface area contributed by atoms with E-state index in [9.17, 15) is 0 Å². The fourth-order valence-corrected chi connectivity index (χ4v) is 2.79. The van der Waals surface area contributed by atoms with Crippen molar-refractivity contribution in [3.8, 4) is 0 Å². The average Bonchev–Trinajstić information content (AvgIpc) is 2.99. The third kappa shape index (κ3) is 1.98. The summed E-state index contributed by atoms with van der Waals surface area (Å²) in [6, 6.07) is 8.79. The summed E-state index contributed by atoms with van der Waals surface area (Å²) >= 11 is 0. The van der Waals surface area contributed by atoms with E-state index in [2.05, 4.69) is 42.0 Å². The number of rotatable bonds is 3. The Morgan fingerprint density at radius 3 is 3.06 bits per heavy atom. The van der Waals surface area contributed by atoms with E-state index < -0.39 is 0 Å². The number of ether oxygens (including phenoxy) is 1. The van der Waals surface area contributed by atoms with Gasteiger partial charge in [-0.2, -0.15) is 0 Å². The van der Waals surface area contributed by atoms with Crippen molar-refractivity contribution in [1.82, 2.24) is 4.57 Å². The van der Waals surface area contributed by atoms with Crippen LogP contribution >= 0.6 is 0 Å². The van der Waals surface area contributed by atoms with E-state index in [0.29, 0.717) is 6.10 Å². The maximum absolute atomic E-state index is 5.73. The Balaban J connectivity index is 1.98. The van der Waals surface area contributed by atoms with E-state index in [1.54, 1.807) is 0 Å². The molecule has 2 nitrogen and oxygen atoms in total. The first-order valence-electron chi connectivity index (χ1n) is 6.57. The molecule has 1 atom stereocenters. The van der Waals surface area contributed by atoms with Crippen LogP contribution in [-0.2, 0) is 17.7 Å². The minimum atomic E-state index is 0.413. The minimum Gasteiger partial charge on any atom is -0.376 e. The third-order valence-electron chi connectivity index (χ3n) is 3.68. The second kappa shape index (κ2) is 4.53. The molecule has 0 spiro atoms. The van der Waals surface area contributed by atoms with Gasteiger partial charge in [0.05, 0.1) is 11.6 Å². The van der Waals surface area contributed by atoms with Crippen molar-refractivity contribution in [2.75, 3.05) is 6.61 Å². The number of nitrogens with zero attached hydrogens (tertiary/aromatic N) is 1. The molecule has 0 radical (unpaired) electrons. The van der Waals surface area contributed by atoms with Gasteiger partial charge in [-0.3, -0.25) is 0 Å². The fourth-order valence-electron chi connectivity index (χ4n) is 2.79. The molecule has 0 amide bonds. The zero-order chi connectivity index (χ0) is 11.7. The third-order valence-corrected chi connectivity index (χ3v) is 3.68. The molecule has 0 bridgehead atoms. The molecule has 1 aliphatic heterocycles. The summed E-state index contributed by atoms with van der Waals surface area (Å²) in [5.74, 6) is 0. The Morgan fingerprint density at radius 1 is 1.35 bits per heavy atom. The molecule has 1 fully saturated rings. The lowest BCUT2D eigenvalue weighted by Crippen LogP contribution is -2.14. The molecule has 0 aliphatic carbocycles. The molecule has 3 rings (SSSR count). The minimum absolute atomic E-state index is 0.413. The van der Waals surface area contributed by atoms with Gasteiger partial charge in [0.25, 0.3) is 0 Å². The molecule has 1 saturated heterocycles. The molecule has 0 N–H and O–H groups in total. The standard InChI is InChI=1S/C15H19NO/c1-2-12-5-3-6-13-8-9-16(15(12)13)11-14-7-4-10-17-14/h3,5-6,8-9,14H,2,4,7,10-11H2,1H3. The molecule has 2 aromatic rings. The molecule has 1 aliphatic rings. The number of hydrogen-bond donors (Lipinski definition) is 0. The number of fused-ring (bicyclic) bond motifs is 1. The van der Waals surface area contributed by atoms with Crippen molar-refractivity contribution < 1.29 is 4.74 Å². The van der Waals surface area contributed by atoms with Crippen LogP contribution < -0.4 is 0 Å². The summed E-state index contributed by atoms with van der Waals surface area (Å²) < 4.78 is 8.09. The van der Waals surface area contributed by atoms with Crippen molar-refractivity contribution >= 4 is 10.9 Å². The van der Waals surface area contributed by atoms with E-state index in [-0.39, 0.29) is 0 Å². The molecular formula is C15H19NO. The number of aromatic nitrogens is 1. The first-order chi connectivity index (χ1) is 8.38. The highest BCUT2D eigenvalue weighted by Crippen LogP contribution is 2.23. The Bertz CT molecular complexity index is 509. The lowest BCUT2D eigenvalue weighted by Gasteiger charge is -2.13. The van der Waals surface area contributed by atoms with Crippen LogP contribution in [0.4, 0.5) is 0 Å². The Kier molecular flexibility index (Phi) is 2.89. The monoisotopic (exact) mass is 229 g/mol. The Morgan fingerprint density at radius 2 is 2.29 bits per heavy atom. The van der Waals surface area contributed by atoms with Crippen molar-refractivity contribution in [3.05, 3.63) is 36.0 Å². The van der Waals surface area contributed by atoms with E-state index >= 15 is 0 Å². The molecule has 1 aromatic heterocycles. The maximum Gasteiger partial charge on any atom is 0.0754 e. The Hall–Kier alpha value is -1.28. The zero-order valence-electron chi connectivity index (χ0n) is 10.4. The van der Waals surface area contributed by atoms with Crippen LogP contribution in [0, 0.1) is 0 Å². The lowest BCUT2D eigenvalue weighted by molar-refractivity contribution is 0.0980. The van der Waals surface area contributed by atoms with Gasteiger partial charge >= 0.3 is 0 Å². The second-order valence-electron chi connectivity index (χ2n) is 4.81. The van der Waals surface area contributed by atoms with Crippen LogP contribution in [0.15, 0.2) is 30.5 Å². The van der Waals surface area contributed by atoms with Gasteiger partial charge in [-0.25, -0.2) is 0 Å². The van der Waals surface area contributed by atoms with Gasteiger partial charge in [-0.05, 0) is 36.3 Å². The van der Waals surface area contributed by atoms with Crippen LogP contribution in [0.25, 0.3) is 10.9 Å². The molecular weight excluding hydrogens is 210 g/mol. The van der Waals surface area contributed by atoms with Gasteiger partial charge in [0.1, 0.15) is 0 Å². The summed E-state index contributed by atoms with van der Waals surface area (Å²) in [5.41, 5.74) is 2.83.